The van der Waals surface area contributed by atoms with Crippen molar-refractivity contribution in [2.24, 2.45) is 0 Å². The lowest BCUT2D eigenvalue weighted by atomic mass is 10.2. The number of anilines is 1. The molecule has 7 nitrogen and oxygen atoms in total. The van der Waals surface area contributed by atoms with E-state index in [9.17, 15) is 4.79 Å². The second kappa shape index (κ2) is 6.20. The van der Waals surface area contributed by atoms with Crippen molar-refractivity contribution >= 4 is 22.5 Å². The van der Waals surface area contributed by atoms with Crippen LogP contribution in [-0.4, -0.2) is 30.2 Å². The Kier molecular flexibility index (Phi) is 3.74. The largest absolute Gasteiger partial charge is 0.335 e. The van der Waals surface area contributed by atoms with Gasteiger partial charge in [0.2, 0.25) is 5.91 Å². The molecule has 3 aromatic heterocycles. The Morgan fingerprint density at radius 3 is 2.92 bits per heavy atom. The number of hydrogen-bond donors (Lipinski definition) is 1. The molecule has 0 saturated carbocycles. The highest BCUT2D eigenvalue weighted by atomic mass is 16.2. The summed E-state index contributed by atoms with van der Waals surface area (Å²) >= 11 is 0. The van der Waals surface area contributed by atoms with Gasteiger partial charge in [0.1, 0.15) is 19.2 Å². The molecule has 124 valence electrons. The molecule has 4 aromatic rings. The fraction of sp³-hybridized carbons (Fsp3) is 0.111. The number of nitrogens with zero attached hydrogens (tertiary/aromatic N) is 5. The monoisotopic (exact) mass is 332 g/mol. The normalized spacial score (nSPS) is 10.9. The molecule has 0 bridgehead atoms. The summed E-state index contributed by atoms with van der Waals surface area (Å²) in [6.45, 7) is 2.23. The maximum absolute atomic E-state index is 12.6. The topological polar surface area (TPSA) is 77.6 Å². The van der Waals surface area contributed by atoms with Gasteiger partial charge in [-0.2, -0.15) is 5.10 Å². The molecule has 0 atom stereocenters. The average molecular weight is 332 g/mol. The van der Waals surface area contributed by atoms with Crippen molar-refractivity contribution in [3.63, 3.8) is 0 Å². The quantitative estimate of drug-likeness (QED) is 0.623. The minimum Gasteiger partial charge on any atom is -0.335 e. The van der Waals surface area contributed by atoms with Crippen LogP contribution >= 0.6 is 0 Å². The molecular formula is C18H16N6O. The number of para-hydroxylation sites is 1. The van der Waals surface area contributed by atoms with Gasteiger partial charge in [0.05, 0.1) is 5.69 Å². The van der Waals surface area contributed by atoms with Crippen LogP contribution in [0.25, 0.3) is 16.7 Å². The van der Waals surface area contributed by atoms with Crippen molar-refractivity contribution in [1.29, 1.82) is 0 Å². The van der Waals surface area contributed by atoms with Crippen LogP contribution in [0.15, 0.2) is 61.3 Å². The van der Waals surface area contributed by atoms with Crippen LogP contribution in [0.5, 0.6) is 0 Å². The van der Waals surface area contributed by atoms with Gasteiger partial charge in [0, 0.05) is 17.4 Å². The summed E-state index contributed by atoms with van der Waals surface area (Å²) in [5.41, 5.74) is 2.67. The van der Waals surface area contributed by atoms with E-state index < -0.39 is 0 Å². The average Bonchev–Trinajstić information content (AvgIpc) is 3.24. The number of benzene rings is 1. The third kappa shape index (κ3) is 2.87. The first kappa shape index (κ1) is 15.1. The summed E-state index contributed by atoms with van der Waals surface area (Å²) < 4.78 is 3.52. The Labute approximate surface area is 143 Å². The first-order valence-electron chi connectivity index (χ1n) is 7.87. The fourth-order valence-electron chi connectivity index (χ4n) is 2.89. The van der Waals surface area contributed by atoms with Crippen LogP contribution in [0, 0.1) is 6.92 Å². The van der Waals surface area contributed by atoms with Crippen LogP contribution in [0.3, 0.4) is 0 Å². The summed E-state index contributed by atoms with van der Waals surface area (Å²) in [6, 6.07) is 13.7. The van der Waals surface area contributed by atoms with E-state index in [-0.39, 0.29) is 12.5 Å². The summed E-state index contributed by atoms with van der Waals surface area (Å²) in [7, 11) is 0. The molecule has 0 radical (unpaired) electrons. The Morgan fingerprint density at radius 1 is 1.20 bits per heavy atom. The van der Waals surface area contributed by atoms with Crippen LogP contribution in [0.4, 0.5) is 5.69 Å². The molecule has 1 N–H and O–H groups in total. The van der Waals surface area contributed by atoms with Crippen molar-refractivity contribution in [3.05, 3.63) is 67.0 Å². The van der Waals surface area contributed by atoms with E-state index in [0.717, 1.165) is 16.6 Å². The van der Waals surface area contributed by atoms with Gasteiger partial charge in [0.25, 0.3) is 0 Å². The van der Waals surface area contributed by atoms with Crippen LogP contribution < -0.4 is 5.32 Å². The molecule has 0 aliphatic carbocycles. The predicted molar refractivity (Wildman–Crippen MR) is 94.5 cm³/mol. The van der Waals surface area contributed by atoms with E-state index in [1.165, 1.54) is 11.0 Å². The SMILES string of the molecule is Cc1cc2ccccc2n1CC(=O)Nc1cccnc1-n1cncn1. The number of nitrogens with one attached hydrogen (secondary N) is 1. The van der Waals surface area contributed by atoms with Gasteiger partial charge in [-0.05, 0) is 36.6 Å². The zero-order valence-electron chi connectivity index (χ0n) is 13.6. The predicted octanol–water partition coefficient (Wildman–Crippen LogP) is 2.56. The zero-order chi connectivity index (χ0) is 17.2. The van der Waals surface area contributed by atoms with E-state index in [4.69, 9.17) is 0 Å². The number of fused-ring (bicyclic) bond motifs is 1. The third-order valence-electron chi connectivity index (χ3n) is 4.02. The van der Waals surface area contributed by atoms with E-state index in [1.807, 2.05) is 35.8 Å². The van der Waals surface area contributed by atoms with E-state index in [2.05, 4.69) is 26.4 Å². The van der Waals surface area contributed by atoms with Gasteiger partial charge in [-0.3, -0.25) is 4.79 Å². The molecule has 0 aliphatic heterocycles. The molecule has 25 heavy (non-hydrogen) atoms. The van der Waals surface area contributed by atoms with E-state index in [1.54, 1.807) is 24.7 Å². The highest BCUT2D eigenvalue weighted by Gasteiger charge is 2.13. The molecule has 4 rings (SSSR count). The summed E-state index contributed by atoms with van der Waals surface area (Å²) in [6.07, 6.45) is 4.62. The van der Waals surface area contributed by atoms with Crippen molar-refractivity contribution < 1.29 is 4.79 Å². The number of carbonyl (C=O) groups excluding carboxylic acids is 1. The van der Waals surface area contributed by atoms with Crippen molar-refractivity contribution in [2.75, 3.05) is 5.32 Å². The van der Waals surface area contributed by atoms with Crippen LogP contribution in [0.1, 0.15) is 5.69 Å². The smallest absolute Gasteiger partial charge is 0.244 e. The van der Waals surface area contributed by atoms with E-state index in [0.29, 0.717) is 11.5 Å². The molecule has 0 aliphatic rings. The van der Waals surface area contributed by atoms with Crippen molar-refractivity contribution in [3.8, 4) is 5.82 Å². The van der Waals surface area contributed by atoms with Crippen LogP contribution in [-0.2, 0) is 11.3 Å². The lowest BCUT2D eigenvalue weighted by Gasteiger charge is -2.11. The molecular weight excluding hydrogens is 316 g/mol. The van der Waals surface area contributed by atoms with Gasteiger partial charge in [-0.1, -0.05) is 18.2 Å². The van der Waals surface area contributed by atoms with Gasteiger partial charge in [-0.15, -0.1) is 0 Å². The molecule has 3 heterocycles. The molecule has 0 unspecified atom stereocenters. The van der Waals surface area contributed by atoms with Crippen LogP contribution in [0.2, 0.25) is 0 Å². The summed E-state index contributed by atoms with van der Waals surface area (Å²) in [5.74, 6) is 0.404. The summed E-state index contributed by atoms with van der Waals surface area (Å²) in [5, 5.41) is 8.11. The molecule has 1 amide bonds. The fourth-order valence-corrected chi connectivity index (χ4v) is 2.89. The van der Waals surface area contributed by atoms with Gasteiger partial charge < -0.3 is 9.88 Å². The minimum absolute atomic E-state index is 0.126. The first-order chi connectivity index (χ1) is 12.2. The highest BCUT2D eigenvalue weighted by Crippen LogP contribution is 2.20. The number of hydrogen-bond acceptors (Lipinski definition) is 4. The molecule has 0 fully saturated rings. The summed E-state index contributed by atoms with van der Waals surface area (Å²) in [4.78, 5) is 20.8. The van der Waals surface area contributed by atoms with E-state index >= 15 is 0 Å². The van der Waals surface area contributed by atoms with Crippen molar-refractivity contribution in [1.82, 2.24) is 24.3 Å². The number of amides is 1. The lowest BCUT2D eigenvalue weighted by Crippen LogP contribution is -2.20. The number of aryl methyl sites for hydroxylation is 1. The Morgan fingerprint density at radius 2 is 2.08 bits per heavy atom. The number of rotatable bonds is 4. The molecule has 0 saturated heterocycles. The second-order valence-electron chi connectivity index (χ2n) is 5.69. The first-order valence-corrected chi connectivity index (χ1v) is 7.87. The Balaban J connectivity index is 1.60. The minimum atomic E-state index is -0.126. The molecule has 7 heteroatoms. The van der Waals surface area contributed by atoms with Gasteiger partial charge in [0.15, 0.2) is 5.82 Å². The van der Waals surface area contributed by atoms with Crippen molar-refractivity contribution in [2.45, 2.75) is 13.5 Å². The maximum Gasteiger partial charge on any atom is 0.244 e. The number of aromatic nitrogens is 5. The molecule has 1 aromatic carbocycles. The zero-order valence-corrected chi connectivity index (χ0v) is 13.6. The molecule has 0 spiro atoms. The van der Waals surface area contributed by atoms with Gasteiger partial charge >= 0.3 is 0 Å². The Bertz CT molecular complexity index is 1030. The van der Waals surface area contributed by atoms with Gasteiger partial charge in [-0.25, -0.2) is 14.6 Å². The standard InChI is InChI=1S/C18H16N6O/c1-13-9-14-5-2-3-7-16(14)23(13)10-17(25)22-15-6-4-8-20-18(15)24-12-19-11-21-24/h2-9,11-12H,10H2,1H3,(H,22,25). The number of carbonyl (C=O) groups is 1. The highest BCUT2D eigenvalue weighted by molar-refractivity contribution is 5.93. The third-order valence-corrected chi connectivity index (χ3v) is 4.02. The second-order valence-corrected chi connectivity index (χ2v) is 5.69. The Hall–Kier alpha value is -3.48. The number of pyridine rings is 1. The lowest BCUT2D eigenvalue weighted by molar-refractivity contribution is -0.116. The maximum atomic E-state index is 12.6.